The molecule has 1 aromatic rings. The summed E-state index contributed by atoms with van der Waals surface area (Å²) < 4.78 is 0. The van der Waals surface area contributed by atoms with E-state index in [1.807, 2.05) is 13.0 Å². The molecule has 1 aromatic carbocycles. The molecular weight excluding hydrogens is 180 g/mol. The SMILES string of the molecule is Cc1cc(CO)ccc1/C=C/C(=O)O. The first-order chi connectivity index (χ1) is 6.63. The van der Waals surface area contributed by atoms with E-state index in [1.165, 1.54) is 0 Å². The summed E-state index contributed by atoms with van der Waals surface area (Å²) in [5.41, 5.74) is 2.63. The van der Waals surface area contributed by atoms with Gasteiger partial charge in [-0.1, -0.05) is 18.2 Å². The van der Waals surface area contributed by atoms with E-state index in [2.05, 4.69) is 0 Å². The first-order valence-electron chi connectivity index (χ1n) is 4.25. The molecule has 0 amide bonds. The van der Waals surface area contributed by atoms with Crippen LogP contribution in [0.15, 0.2) is 24.3 Å². The van der Waals surface area contributed by atoms with Crippen molar-refractivity contribution in [3.63, 3.8) is 0 Å². The molecule has 2 N–H and O–H groups in total. The highest BCUT2D eigenvalue weighted by molar-refractivity contribution is 5.85. The van der Waals surface area contributed by atoms with Gasteiger partial charge in [0.25, 0.3) is 0 Å². The maximum Gasteiger partial charge on any atom is 0.328 e. The second kappa shape index (κ2) is 4.58. The predicted octanol–water partition coefficient (Wildman–Crippen LogP) is 1.59. The molecule has 0 saturated heterocycles. The van der Waals surface area contributed by atoms with Crippen molar-refractivity contribution in [2.75, 3.05) is 0 Å². The Morgan fingerprint density at radius 3 is 2.71 bits per heavy atom. The van der Waals surface area contributed by atoms with Crippen LogP contribution in [0, 0.1) is 6.92 Å². The number of aryl methyl sites for hydroxylation is 1. The van der Waals surface area contributed by atoms with Crippen LogP contribution in [0.3, 0.4) is 0 Å². The first-order valence-corrected chi connectivity index (χ1v) is 4.25. The summed E-state index contributed by atoms with van der Waals surface area (Å²) in [6.07, 6.45) is 2.64. The molecule has 0 aromatic heterocycles. The fraction of sp³-hybridized carbons (Fsp3) is 0.182. The summed E-state index contributed by atoms with van der Waals surface area (Å²) >= 11 is 0. The Kier molecular flexibility index (Phi) is 3.42. The minimum atomic E-state index is -0.962. The lowest BCUT2D eigenvalue weighted by Gasteiger charge is -2.02. The van der Waals surface area contributed by atoms with Crippen LogP contribution >= 0.6 is 0 Å². The van der Waals surface area contributed by atoms with E-state index >= 15 is 0 Å². The van der Waals surface area contributed by atoms with E-state index in [4.69, 9.17) is 10.2 Å². The summed E-state index contributed by atoms with van der Waals surface area (Å²) in [6, 6.07) is 5.40. The van der Waals surface area contributed by atoms with Gasteiger partial charge in [-0.15, -0.1) is 0 Å². The molecule has 0 aliphatic heterocycles. The second-order valence-corrected chi connectivity index (χ2v) is 3.02. The van der Waals surface area contributed by atoms with Crippen molar-refractivity contribution in [3.05, 3.63) is 41.0 Å². The monoisotopic (exact) mass is 192 g/mol. The van der Waals surface area contributed by atoms with Crippen molar-refractivity contribution in [2.45, 2.75) is 13.5 Å². The van der Waals surface area contributed by atoms with Crippen LogP contribution in [0.4, 0.5) is 0 Å². The summed E-state index contributed by atoms with van der Waals surface area (Å²) in [5.74, 6) is -0.962. The molecule has 0 atom stereocenters. The predicted molar refractivity (Wildman–Crippen MR) is 53.8 cm³/mol. The van der Waals surface area contributed by atoms with Crippen molar-refractivity contribution in [3.8, 4) is 0 Å². The number of benzene rings is 1. The summed E-state index contributed by atoms with van der Waals surface area (Å²) in [6.45, 7) is 1.88. The third kappa shape index (κ3) is 2.71. The van der Waals surface area contributed by atoms with E-state index in [1.54, 1.807) is 18.2 Å². The highest BCUT2D eigenvalue weighted by Gasteiger charge is 1.97. The molecule has 0 aliphatic carbocycles. The van der Waals surface area contributed by atoms with Gasteiger partial charge in [-0.25, -0.2) is 4.79 Å². The number of hydrogen-bond donors (Lipinski definition) is 2. The van der Waals surface area contributed by atoms with Gasteiger partial charge in [-0.05, 0) is 29.7 Å². The maximum atomic E-state index is 10.3. The Morgan fingerprint density at radius 2 is 2.21 bits per heavy atom. The van der Waals surface area contributed by atoms with Crippen molar-refractivity contribution in [1.82, 2.24) is 0 Å². The standard InChI is InChI=1S/C11H12O3/c1-8-6-9(7-12)2-3-10(8)4-5-11(13)14/h2-6,12H,7H2,1H3,(H,13,14)/b5-4+. The van der Waals surface area contributed by atoms with Gasteiger partial charge in [-0.3, -0.25) is 0 Å². The number of aliphatic hydroxyl groups excluding tert-OH is 1. The minimum Gasteiger partial charge on any atom is -0.478 e. The molecule has 0 spiro atoms. The van der Waals surface area contributed by atoms with Gasteiger partial charge in [0.2, 0.25) is 0 Å². The Labute approximate surface area is 82.3 Å². The smallest absolute Gasteiger partial charge is 0.328 e. The van der Waals surface area contributed by atoms with Crippen molar-refractivity contribution in [2.24, 2.45) is 0 Å². The number of carboxylic acids is 1. The third-order valence-corrected chi connectivity index (χ3v) is 1.92. The molecular formula is C11H12O3. The molecule has 0 radical (unpaired) electrons. The highest BCUT2D eigenvalue weighted by Crippen LogP contribution is 2.12. The second-order valence-electron chi connectivity index (χ2n) is 3.02. The molecule has 0 saturated carbocycles. The van der Waals surface area contributed by atoms with Crippen molar-refractivity contribution < 1.29 is 15.0 Å². The van der Waals surface area contributed by atoms with E-state index in [0.717, 1.165) is 22.8 Å². The van der Waals surface area contributed by atoms with E-state index < -0.39 is 5.97 Å². The molecule has 74 valence electrons. The van der Waals surface area contributed by atoms with Crippen LogP contribution in [-0.4, -0.2) is 16.2 Å². The number of aliphatic carboxylic acids is 1. The zero-order valence-corrected chi connectivity index (χ0v) is 7.90. The van der Waals surface area contributed by atoms with E-state index in [9.17, 15) is 4.79 Å². The molecule has 0 fully saturated rings. The zero-order chi connectivity index (χ0) is 10.6. The molecule has 0 bridgehead atoms. The van der Waals surface area contributed by atoms with Crippen LogP contribution < -0.4 is 0 Å². The Hall–Kier alpha value is -1.61. The van der Waals surface area contributed by atoms with E-state index in [0.29, 0.717) is 0 Å². The summed E-state index contributed by atoms with van der Waals surface area (Å²) in [7, 11) is 0. The van der Waals surface area contributed by atoms with Gasteiger partial charge < -0.3 is 10.2 Å². The first kappa shape index (κ1) is 10.5. The highest BCUT2D eigenvalue weighted by atomic mass is 16.4. The lowest BCUT2D eigenvalue weighted by atomic mass is 10.1. The molecule has 0 aliphatic rings. The molecule has 3 heteroatoms. The van der Waals surface area contributed by atoms with Crippen LogP contribution in [0.1, 0.15) is 16.7 Å². The molecule has 0 heterocycles. The third-order valence-electron chi connectivity index (χ3n) is 1.92. The van der Waals surface area contributed by atoms with Gasteiger partial charge in [0, 0.05) is 6.08 Å². The number of aliphatic hydroxyl groups is 1. The van der Waals surface area contributed by atoms with Gasteiger partial charge in [0.1, 0.15) is 0 Å². The quantitative estimate of drug-likeness (QED) is 0.715. The topological polar surface area (TPSA) is 57.5 Å². The molecule has 0 unspecified atom stereocenters. The van der Waals surface area contributed by atoms with Crippen LogP contribution in [-0.2, 0) is 11.4 Å². The molecule has 14 heavy (non-hydrogen) atoms. The lowest BCUT2D eigenvalue weighted by Crippen LogP contribution is -1.89. The Bertz CT molecular complexity index is 367. The largest absolute Gasteiger partial charge is 0.478 e. The normalized spacial score (nSPS) is 10.7. The van der Waals surface area contributed by atoms with Gasteiger partial charge >= 0.3 is 5.97 Å². The number of carboxylic acid groups (broad SMARTS) is 1. The molecule has 3 nitrogen and oxygen atoms in total. The van der Waals surface area contributed by atoms with Gasteiger partial charge in [0.05, 0.1) is 6.61 Å². The Morgan fingerprint density at radius 1 is 1.50 bits per heavy atom. The average molecular weight is 192 g/mol. The summed E-state index contributed by atoms with van der Waals surface area (Å²) in [4.78, 5) is 10.3. The van der Waals surface area contributed by atoms with E-state index in [-0.39, 0.29) is 6.61 Å². The Balaban J connectivity index is 2.94. The molecule has 1 rings (SSSR count). The van der Waals surface area contributed by atoms with Crippen LogP contribution in [0.5, 0.6) is 0 Å². The minimum absolute atomic E-state index is 0.00373. The van der Waals surface area contributed by atoms with Gasteiger partial charge in [0.15, 0.2) is 0 Å². The van der Waals surface area contributed by atoms with Crippen molar-refractivity contribution in [1.29, 1.82) is 0 Å². The fourth-order valence-corrected chi connectivity index (χ4v) is 1.18. The maximum absolute atomic E-state index is 10.3. The van der Waals surface area contributed by atoms with Crippen LogP contribution in [0.2, 0.25) is 0 Å². The average Bonchev–Trinajstić information content (AvgIpc) is 2.15. The number of hydrogen-bond acceptors (Lipinski definition) is 2. The van der Waals surface area contributed by atoms with Crippen LogP contribution in [0.25, 0.3) is 6.08 Å². The fourth-order valence-electron chi connectivity index (χ4n) is 1.18. The number of carbonyl (C=O) groups is 1. The number of rotatable bonds is 3. The summed E-state index contributed by atoms with van der Waals surface area (Å²) in [5, 5.41) is 17.3. The van der Waals surface area contributed by atoms with Gasteiger partial charge in [-0.2, -0.15) is 0 Å². The van der Waals surface area contributed by atoms with Crippen molar-refractivity contribution >= 4 is 12.0 Å². The lowest BCUT2D eigenvalue weighted by molar-refractivity contribution is -0.131. The zero-order valence-electron chi connectivity index (χ0n) is 7.90.